The van der Waals surface area contributed by atoms with E-state index in [1.807, 2.05) is 37.3 Å². The summed E-state index contributed by atoms with van der Waals surface area (Å²) in [5.41, 5.74) is -1.63. The van der Waals surface area contributed by atoms with E-state index in [1.54, 1.807) is 19.1 Å². The Kier molecular flexibility index (Phi) is 7.49. The Balaban J connectivity index is 1.74. The molecule has 220 valence electrons. The molecule has 1 spiro atoms. The van der Waals surface area contributed by atoms with E-state index >= 15 is 0 Å². The molecular weight excluding hydrogens is 526 g/mol. The van der Waals surface area contributed by atoms with Crippen LogP contribution in [0.1, 0.15) is 46.6 Å². The number of carbonyl (C=O) groups is 4. The zero-order chi connectivity index (χ0) is 29.9. The fourth-order valence-corrected chi connectivity index (χ4v) is 7.71. The van der Waals surface area contributed by atoms with E-state index in [0.717, 1.165) is 5.56 Å². The second-order valence-corrected chi connectivity index (χ2v) is 12.3. The van der Waals surface area contributed by atoms with Crippen LogP contribution in [-0.4, -0.2) is 64.8 Å². The molecule has 3 fully saturated rings. The highest BCUT2D eigenvalue weighted by Crippen LogP contribution is 2.61. The van der Waals surface area contributed by atoms with Crippen LogP contribution in [0.15, 0.2) is 54.6 Å². The molecule has 9 heteroatoms. The third kappa shape index (κ3) is 4.73. The number of ether oxygens (including phenoxy) is 3. The van der Waals surface area contributed by atoms with Gasteiger partial charge in [-0.15, -0.1) is 0 Å². The number of Topliss-reactive ketones (excluding diaryl/α,β-unsaturated/α-hetero) is 1. The lowest BCUT2D eigenvalue weighted by Crippen LogP contribution is -2.63. The standard InChI is InChI=1S/C32H39NO8/c1-16-11-10-14-22-25(39-19(4)34)18(3)17(2)24-23(15-21-12-8-7-9-13-21)33-30(37)32(22,24)29(40-20(5)35)26-28(41-26)31(6,38)27(16)36/h7-10,12-14,16-17,22-26,28-29,38H,3,11,15H2,1-2,4-6H3,(H,33,37)/t16-,17+,22-,23-,24-,25+,26+,28-,29+,31-,32-/m0/s1. The molecule has 1 aromatic carbocycles. The van der Waals surface area contributed by atoms with Gasteiger partial charge in [-0.25, -0.2) is 0 Å². The van der Waals surface area contributed by atoms with Gasteiger partial charge in [-0.05, 0) is 36.8 Å². The minimum atomic E-state index is -1.86. The Bertz CT molecular complexity index is 1290. The summed E-state index contributed by atoms with van der Waals surface area (Å²) >= 11 is 0. The van der Waals surface area contributed by atoms with Gasteiger partial charge in [0.1, 0.15) is 35.4 Å². The van der Waals surface area contributed by atoms with Gasteiger partial charge < -0.3 is 24.6 Å². The molecule has 9 nitrogen and oxygen atoms in total. The first-order valence-electron chi connectivity index (χ1n) is 14.3. The van der Waals surface area contributed by atoms with Crippen molar-refractivity contribution >= 4 is 23.6 Å². The van der Waals surface area contributed by atoms with Gasteiger partial charge in [0.15, 0.2) is 5.78 Å². The first-order valence-corrected chi connectivity index (χ1v) is 14.3. The Morgan fingerprint density at radius 3 is 2.41 bits per heavy atom. The van der Waals surface area contributed by atoms with E-state index in [9.17, 15) is 24.3 Å². The Morgan fingerprint density at radius 2 is 1.78 bits per heavy atom. The zero-order valence-corrected chi connectivity index (χ0v) is 24.2. The van der Waals surface area contributed by atoms with Crippen LogP contribution in [0.3, 0.4) is 0 Å². The highest BCUT2D eigenvalue weighted by atomic mass is 16.6. The fourth-order valence-electron chi connectivity index (χ4n) is 7.71. The fraction of sp³-hybridized carbons (Fsp3) is 0.562. The maximum atomic E-state index is 14.6. The van der Waals surface area contributed by atoms with Crippen LogP contribution in [0.2, 0.25) is 0 Å². The highest BCUT2D eigenvalue weighted by molar-refractivity contribution is 5.91. The first-order chi connectivity index (χ1) is 19.3. The molecule has 1 amide bonds. The SMILES string of the molecule is C=C1[C@@H](C)[C@H]2[C@H](Cc3ccccc3)NC(=O)[C@]23[C@H](OC(C)=O)[C@@H]2O[C@@H]2[C@@](C)(O)C(=O)[C@@H](C)CC=C[C@H]3[C@@H]1OC(C)=O. The van der Waals surface area contributed by atoms with Gasteiger partial charge in [0.05, 0.1) is 0 Å². The van der Waals surface area contributed by atoms with Crippen molar-refractivity contribution in [3.05, 3.63) is 60.2 Å². The third-order valence-corrected chi connectivity index (χ3v) is 9.57. The highest BCUT2D eigenvalue weighted by Gasteiger charge is 2.75. The number of rotatable bonds is 4. The number of aliphatic hydroxyl groups is 1. The van der Waals surface area contributed by atoms with Crippen molar-refractivity contribution in [2.45, 2.75) is 83.5 Å². The summed E-state index contributed by atoms with van der Waals surface area (Å²) in [4.78, 5) is 52.9. The van der Waals surface area contributed by atoms with Crippen molar-refractivity contribution in [3.63, 3.8) is 0 Å². The zero-order valence-electron chi connectivity index (χ0n) is 24.2. The molecule has 2 saturated heterocycles. The summed E-state index contributed by atoms with van der Waals surface area (Å²) in [6, 6.07) is 9.41. The number of allylic oxidation sites excluding steroid dienone is 1. The van der Waals surface area contributed by atoms with Crippen LogP contribution in [0.5, 0.6) is 0 Å². The van der Waals surface area contributed by atoms with E-state index in [1.165, 1.54) is 20.8 Å². The molecule has 0 radical (unpaired) electrons. The summed E-state index contributed by atoms with van der Waals surface area (Å²) in [7, 11) is 0. The van der Waals surface area contributed by atoms with Crippen molar-refractivity contribution in [2.75, 3.05) is 0 Å². The number of benzene rings is 1. The van der Waals surface area contributed by atoms with Crippen molar-refractivity contribution in [3.8, 4) is 0 Å². The second kappa shape index (κ2) is 10.5. The summed E-state index contributed by atoms with van der Waals surface area (Å²) in [6.07, 6.45) is 0.419. The van der Waals surface area contributed by atoms with Crippen LogP contribution in [0.4, 0.5) is 0 Å². The molecule has 2 heterocycles. The summed E-state index contributed by atoms with van der Waals surface area (Å²) in [5, 5.41) is 14.6. The number of epoxide rings is 1. The predicted molar refractivity (Wildman–Crippen MR) is 148 cm³/mol. The van der Waals surface area contributed by atoms with Gasteiger partial charge in [0, 0.05) is 37.6 Å². The van der Waals surface area contributed by atoms with E-state index in [2.05, 4.69) is 11.9 Å². The molecule has 0 bridgehead atoms. The molecule has 11 atom stereocenters. The summed E-state index contributed by atoms with van der Waals surface area (Å²) in [6.45, 7) is 12.0. The molecule has 4 aliphatic rings. The van der Waals surface area contributed by atoms with Crippen LogP contribution in [0, 0.1) is 29.1 Å². The van der Waals surface area contributed by atoms with E-state index in [4.69, 9.17) is 14.2 Å². The van der Waals surface area contributed by atoms with E-state index < -0.39 is 70.9 Å². The number of hydrogen-bond donors (Lipinski definition) is 2. The number of amides is 1. The maximum absolute atomic E-state index is 14.6. The monoisotopic (exact) mass is 565 g/mol. The molecule has 2 aliphatic carbocycles. The normalized spacial score (nSPS) is 41.7. The molecule has 0 unspecified atom stereocenters. The largest absolute Gasteiger partial charge is 0.458 e. The van der Waals surface area contributed by atoms with Crippen molar-refractivity contribution in [1.82, 2.24) is 5.32 Å². The average molecular weight is 566 g/mol. The molecule has 2 N–H and O–H groups in total. The molecular formula is C32H39NO8. The number of esters is 2. The minimum Gasteiger partial charge on any atom is -0.458 e. The van der Waals surface area contributed by atoms with Crippen LogP contribution >= 0.6 is 0 Å². The second-order valence-electron chi connectivity index (χ2n) is 12.3. The van der Waals surface area contributed by atoms with Gasteiger partial charge in [0.25, 0.3) is 0 Å². The van der Waals surface area contributed by atoms with Crippen molar-refractivity contribution in [1.29, 1.82) is 0 Å². The molecule has 41 heavy (non-hydrogen) atoms. The molecule has 2 aliphatic heterocycles. The van der Waals surface area contributed by atoms with Gasteiger partial charge in [-0.2, -0.15) is 0 Å². The number of nitrogens with one attached hydrogen (secondary N) is 1. The number of carbonyl (C=O) groups excluding carboxylic acids is 4. The molecule has 5 rings (SSSR count). The summed E-state index contributed by atoms with van der Waals surface area (Å²) < 4.78 is 17.9. The number of ketones is 1. The molecule has 0 aromatic heterocycles. The quantitative estimate of drug-likeness (QED) is 0.324. The van der Waals surface area contributed by atoms with Gasteiger partial charge in [-0.3, -0.25) is 19.2 Å². The predicted octanol–water partition coefficient (Wildman–Crippen LogP) is 2.70. The minimum absolute atomic E-state index is 0.283. The Morgan fingerprint density at radius 1 is 1.12 bits per heavy atom. The van der Waals surface area contributed by atoms with Gasteiger partial charge >= 0.3 is 11.9 Å². The van der Waals surface area contributed by atoms with E-state index in [-0.39, 0.29) is 24.3 Å². The first kappa shape index (κ1) is 29.2. The van der Waals surface area contributed by atoms with Crippen LogP contribution in [0.25, 0.3) is 0 Å². The van der Waals surface area contributed by atoms with E-state index in [0.29, 0.717) is 12.0 Å². The Hall–Kier alpha value is -3.30. The van der Waals surface area contributed by atoms with Gasteiger partial charge in [-0.1, -0.05) is 62.9 Å². The Labute approximate surface area is 240 Å². The van der Waals surface area contributed by atoms with Gasteiger partial charge in [0.2, 0.25) is 5.91 Å². The van der Waals surface area contributed by atoms with Crippen LogP contribution in [-0.2, 0) is 39.8 Å². The smallest absolute Gasteiger partial charge is 0.303 e. The maximum Gasteiger partial charge on any atom is 0.303 e. The lowest BCUT2D eigenvalue weighted by atomic mass is 9.51. The molecule has 1 saturated carbocycles. The van der Waals surface area contributed by atoms with Crippen LogP contribution < -0.4 is 5.32 Å². The van der Waals surface area contributed by atoms with Crippen molar-refractivity contribution in [2.24, 2.45) is 29.1 Å². The lowest BCUT2D eigenvalue weighted by Gasteiger charge is -2.53. The average Bonchev–Trinajstić information content (AvgIpc) is 3.66. The number of hydrogen-bond acceptors (Lipinski definition) is 8. The third-order valence-electron chi connectivity index (χ3n) is 9.57. The summed E-state index contributed by atoms with van der Waals surface area (Å²) in [5.74, 6) is -4.03. The van der Waals surface area contributed by atoms with Crippen molar-refractivity contribution < 1.29 is 38.5 Å². The topological polar surface area (TPSA) is 132 Å². The lowest BCUT2D eigenvalue weighted by molar-refractivity contribution is -0.181. The number of fused-ring (bicyclic) bond motifs is 1. The molecule has 1 aromatic rings.